The maximum absolute atomic E-state index is 13.0. The molecule has 1 aromatic heterocycles. The van der Waals surface area contributed by atoms with Gasteiger partial charge in [0, 0.05) is 18.7 Å². The highest BCUT2D eigenvalue weighted by molar-refractivity contribution is 5.98. The van der Waals surface area contributed by atoms with Crippen molar-refractivity contribution in [1.29, 1.82) is 0 Å². The van der Waals surface area contributed by atoms with Crippen LogP contribution < -0.4 is 10.6 Å². The Bertz CT molecular complexity index is 869. The largest absolute Gasteiger partial charge is 0.288 e. The molecule has 1 aliphatic carbocycles. The van der Waals surface area contributed by atoms with E-state index in [2.05, 4.69) is 6.92 Å². The second-order valence-corrected chi connectivity index (χ2v) is 7.04. The summed E-state index contributed by atoms with van der Waals surface area (Å²) >= 11 is 0. The van der Waals surface area contributed by atoms with Crippen molar-refractivity contribution in [2.24, 2.45) is 5.10 Å². The Morgan fingerprint density at radius 3 is 2.72 bits per heavy atom. The number of benzene rings is 1. The topological polar surface area (TPSA) is 50.5 Å². The molecule has 5 heteroatoms. The van der Waals surface area contributed by atoms with Crippen LogP contribution in [0.5, 0.6) is 0 Å². The Morgan fingerprint density at radius 1 is 1.16 bits per heavy atom. The van der Waals surface area contributed by atoms with Crippen LogP contribution in [0.15, 0.2) is 40.2 Å². The molecule has 2 aromatic rings. The molecule has 0 saturated carbocycles. The van der Waals surface area contributed by atoms with Gasteiger partial charge in [-0.15, -0.1) is 0 Å². The van der Waals surface area contributed by atoms with Crippen molar-refractivity contribution >= 4 is 11.4 Å². The molecule has 5 nitrogen and oxygen atoms in total. The molecule has 25 heavy (non-hydrogen) atoms. The van der Waals surface area contributed by atoms with E-state index in [1.807, 2.05) is 47.0 Å². The van der Waals surface area contributed by atoms with Crippen LogP contribution in [0, 0.1) is 0 Å². The van der Waals surface area contributed by atoms with Gasteiger partial charge in [0.05, 0.1) is 11.4 Å². The van der Waals surface area contributed by atoms with Crippen molar-refractivity contribution in [2.75, 3.05) is 12.1 Å². The molecule has 1 aromatic carbocycles. The minimum atomic E-state index is 0.155. The lowest BCUT2D eigenvalue weighted by Crippen LogP contribution is -2.38. The molecule has 0 radical (unpaired) electrons. The van der Waals surface area contributed by atoms with Gasteiger partial charge in [0.25, 0.3) is 5.56 Å². The number of hydrogen-bond acceptors (Lipinski definition) is 4. The summed E-state index contributed by atoms with van der Waals surface area (Å²) in [5.74, 6) is 0.771. The Hall–Kier alpha value is -2.43. The Morgan fingerprint density at radius 2 is 1.92 bits per heavy atom. The molecule has 0 spiro atoms. The molecule has 4 rings (SSSR count). The summed E-state index contributed by atoms with van der Waals surface area (Å²) in [5, 5.41) is 6.68. The zero-order valence-corrected chi connectivity index (χ0v) is 14.9. The lowest BCUT2D eigenvalue weighted by atomic mass is 9.95. The third-order valence-electron chi connectivity index (χ3n) is 5.28. The number of para-hydroxylation sites is 1. The molecule has 1 atom stereocenters. The van der Waals surface area contributed by atoms with E-state index in [1.54, 1.807) is 0 Å². The van der Waals surface area contributed by atoms with Gasteiger partial charge >= 0.3 is 0 Å². The highest BCUT2D eigenvalue weighted by Crippen LogP contribution is 2.26. The minimum absolute atomic E-state index is 0.155. The van der Waals surface area contributed by atoms with Gasteiger partial charge in [-0.05, 0) is 57.6 Å². The van der Waals surface area contributed by atoms with Crippen LogP contribution in [-0.2, 0) is 12.8 Å². The molecular weight excluding hydrogens is 312 g/mol. The Balaban J connectivity index is 1.81. The predicted molar refractivity (Wildman–Crippen MR) is 100 cm³/mol. The lowest BCUT2D eigenvalue weighted by molar-refractivity contribution is 0.459. The molecule has 2 aliphatic rings. The first kappa shape index (κ1) is 16.1. The Labute approximate surface area is 148 Å². The third kappa shape index (κ3) is 2.88. The molecule has 1 unspecified atom stereocenters. The first-order chi connectivity index (χ1) is 12.1. The van der Waals surface area contributed by atoms with Crippen LogP contribution in [0.3, 0.4) is 0 Å². The quantitative estimate of drug-likeness (QED) is 0.791. The third-order valence-corrected chi connectivity index (χ3v) is 5.28. The van der Waals surface area contributed by atoms with Crippen molar-refractivity contribution in [3.63, 3.8) is 0 Å². The Kier molecular flexibility index (Phi) is 4.15. The molecule has 0 N–H and O–H groups in total. The number of fused-ring (bicyclic) bond motifs is 2. The number of anilines is 1. The van der Waals surface area contributed by atoms with Gasteiger partial charge in [-0.25, -0.2) is 4.98 Å². The lowest BCUT2D eigenvalue weighted by Gasteiger charge is -2.29. The fourth-order valence-electron chi connectivity index (χ4n) is 3.84. The van der Waals surface area contributed by atoms with Crippen LogP contribution in [0.1, 0.15) is 55.7 Å². The molecule has 0 bridgehead atoms. The van der Waals surface area contributed by atoms with Crippen molar-refractivity contribution < 1.29 is 0 Å². The fraction of sp³-hybridized carbons (Fsp3) is 0.450. The van der Waals surface area contributed by atoms with E-state index < -0.39 is 0 Å². The van der Waals surface area contributed by atoms with Crippen LogP contribution >= 0.6 is 0 Å². The minimum Gasteiger partial charge on any atom is -0.288 e. The van der Waals surface area contributed by atoms with Gasteiger partial charge in [-0.3, -0.25) is 14.4 Å². The first-order valence-corrected chi connectivity index (χ1v) is 9.16. The van der Waals surface area contributed by atoms with Crippen molar-refractivity contribution in [1.82, 2.24) is 9.55 Å². The summed E-state index contributed by atoms with van der Waals surface area (Å²) in [4.78, 5) is 17.9. The second kappa shape index (κ2) is 6.47. The van der Waals surface area contributed by atoms with Gasteiger partial charge in [0.15, 0.2) is 5.82 Å². The molecule has 0 amide bonds. The summed E-state index contributed by atoms with van der Waals surface area (Å²) in [7, 11) is 1.95. The highest BCUT2D eigenvalue weighted by atomic mass is 16.1. The monoisotopic (exact) mass is 336 g/mol. The van der Waals surface area contributed by atoms with E-state index in [9.17, 15) is 4.79 Å². The van der Waals surface area contributed by atoms with E-state index >= 15 is 0 Å². The van der Waals surface area contributed by atoms with Crippen molar-refractivity contribution in [3.8, 4) is 0 Å². The number of hydrogen-bond donors (Lipinski definition) is 0. The van der Waals surface area contributed by atoms with Crippen LogP contribution in [0.4, 0.5) is 5.69 Å². The van der Waals surface area contributed by atoms with Gasteiger partial charge in [-0.2, -0.15) is 5.10 Å². The molecule has 0 saturated heterocycles. The van der Waals surface area contributed by atoms with Gasteiger partial charge in [-0.1, -0.05) is 18.2 Å². The van der Waals surface area contributed by atoms with E-state index in [-0.39, 0.29) is 11.6 Å². The summed E-state index contributed by atoms with van der Waals surface area (Å²) < 4.78 is 1.88. The van der Waals surface area contributed by atoms with Crippen molar-refractivity contribution in [3.05, 3.63) is 57.8 Å². The fourth-order valence-corrected chi connectivity index (χ4v) is 3.84. The summed E-state index contributed by atoms with van der Waals surface area (Å²) in [5.41, 5.74) is 4.02. The molecule has 2 heterocycles. The number of hydrazone groups is 1. The van der Waals surface area contributed by atoms with Gasteiger partial charge < -0.3 is 0 Å². The maximum atomic E-state index is 13.0. The maximum Gasteiger partial charge on any atom is 0.257 e. The molecule has 130 valence electrons. The molecule has 1 aliphatic heterocycles. The first-order valence-electron chi connectivity index (χ1n) is 9.16. The summed E-state index contributed by atoms with van der Waals surface area (Å²) in [6.45, 7) is 2.11. The predicted octanol–water partition coefficient (Wildman–Crippen LogP) is 3.32. The van der Waals surface area contributed by atoms with Gasteiger partial charge in [0.2, 0.25) is 0 Å². The van der Waals surface area contributed by atoms with Crippen LogP contribution in [-0.4, -0.2) is 22.3 Å². The number of nitrogens with zero attached hydrogens (tertiary/aromatic N) is 4. The average molecular weight is 336 g/mol. The van der Waals surface area contributed by atoms with E-state index in [0.717, 1.165) is 67.0 Å². The van der Waals surface area contributed by atoms with E-state index in [4.69, 9.17) is 10.1 Å². The van der Waals surface area contributed by atoms with E-state index in [0.29, 0.717) is 0 Å². The summed E-state index contributed by atoms with van der Waals surface area (Å²) in [6.07, 6.45) is 5.77. The van der Waals surface area contributed by atoms with E-state index in [1.165, 1.54) is 0 Å². The zero-order chi connectivity index (χ0) is 17.4. The van der Waals surface area contributed by atoms with Crippen LogP contribution in [0.2, 0.25) is 0 Å². The van der Waals surface area contributed by atoms with Crippen molar-refractivity contribution in [2.45, 2.75) is 51.5 Å². The smallest absolute Gasteiger partial charge is 0.257 e. The molecule has 0 fully saturated rings. The van der Waals surface area contributed by atoms with Crippen LogP contribution in [0.25, 0.3) is 0 Å². The number of aromatic nitrogens is 2. The number of aryl methyl sites for hydroxylation is 1. The number of rotatable bonds is 2. The SMILES string of the molecule is CC1CCC(=NN(C)c2ccccc2)c2nc3c(c(=O)n21)CCCC3. The normalized spacial score (nSPS) is 20.9. The summed E-state index contributed by atoms with van der Waals surface area (Å²) in [6, 6.07) is 10.2. The standard InChI is InChI=1S/C20H24N4O/c1-14-12-13-18(22-23(2)15-8-4-3-5-9-15)19-21-17-11-7-6-10-16(17)20(25)24(14)19/h3-5,8-9,14H,6-7,10-13H2,1-2H3. The zero-order valence-electron chi connectivity index (χ0n) is 14.9. The van der Waals surface area contributed by atoms with Gasteiger partial charge in [0.1, 0.15) is 5.71 Å². The average Bonchev–Trinajstić information content (AvgIpc) is 2.65. The highest BCUT2D eigenvalue weighted by Gasteiger charge is 2.28. The molecular formula is C20H24N4O. The second-order valence-electron chi connectivity index (χ2n) is 7.04.